The van der Waals surface area contributed by atoms with E-state index in [-0.39, 0.29) is 22.1 Å². The van der Waals surface area contributed by atoms with Crippen molar-refractivity contribution in [3.8, 4) is 0 Å². The number of hydrogen-bond donors (Lipinski definition) is 0. The quantitative estimate of drug-likeness (QED) is 0.578. The Hall–Kier alpha value is -0.850. The van der Waals surface area contributed by atoms with E-state index in [0.717, 1.165) is 11.1 Å². The van der Waals surface area contributed by atoms with Crippen LogP contribution in [0, 0.1) is 11.9 Å². The highest BCUT2D eigenvalue weighted by molar-refractivity contribution is 5.47. The molecule has 0 fully saturated rings. The largest absolute Gasteiger partial charge is 0.206 e. The number of benzene rings is 1. The van der Waals surface area contributed by atoms with Crippen LogP contribution >= 0.6 is 0 Å². The van der Waals surface area contributed by atoms with E-state index in [0.29, 0.717) is 0 Å². The van der Waals surface area contributed by atoms with E-state index in [1.165, 1.54) is 5.56 Å². The minimum Gasteiger partial charge on any atom is -0.206 e. The van der Waals surface area contributed by atoms with Crippen LogP contribution in [0.3, 0.4) is 0 Å². The van der Waals surface area contributed by atoms with E-state index in [4.69, 9.17) is 0 Å². The molecule has 0 spiro atoms. The molecule has 0 atom stereocenters. The second-order valence-electron chi connectivity index (χ2n) is 8.52. The Morgan fingerprint density at radius 2 is 1.16 bits per heavy atom. The van der Waals surface area contributed by atoms with E-state index < -0.39 is 0 Å². The van der Waals surface area contributed by atoms with Gasteiger partial charge in [0, 0.05) is 6.07 Å². The second-order valence-corrected chi connectivity index (χ2v) is 8.52. The zero-order valence-corrected chi connectivity index (χ0v) is 14.0. The smallest absolute Gasteiger partial charge is 0.135 e. The van der Waals surface area contributed by atoms with Gasteiger partial charge in [-0.15, -0.1) is 0 Å². The topological polar surface area (TPSA) is 0 Å². The van der Waals surface area contributed by atoms with E-state index in [1.807, 2.05) is 6.07 Å². The molecule has 0 N–H and O–H groups in total. The van der Waals surface area contributed by atoms with Gasteiger partial charge < -0.3 is 0 Å². The Bertz CT molecular complexity index is 462. The van der Waals surface area contributed by atoms with Crippen LogP contribution in [-0.2, 0) is 16.2 Å². The van der Waals surface area contributed by atoms with E-state index in [9.17, 15) is 4.39 Å². The summed E-state index contributed by atoms with van der Waals surface area (Å²) in [4.78, 5) is 0. The molecule has 1 radical (unpaired) electrons. The van der Waals surface area contributed by atoms with Gasteiger partial charge in [-0.2, -0.15) is 0 Å². The SMILES string of the molecule is CC(C)(C)c1c[c]c(F)c(C(C)(C)C)c1C(C)(C)C. The standard InChI is InChI=1S/C18H28F/c1-16(2,3)12-10-11-13(19)15(18(7,8)9)14(12)17(4,5)6/h10H,1-9H3. The first-order valence-corrected chi connectivity index (χ1v) is 7.02. The highest BCUT2D eigenvalue weighted by Gasteiger charge is 2.33. The molecule has 0 aliphatic heterocycles. The summed E-state index contributed by atoms with van der Waals surface area (Å²) in [5, 5.41) is 0. The Labute approximate surface area is 118 Å². The highest BCUT2D eigenvalue weighted by atomic mass is 19.1. The first-order chi connectivity index (χ1) is 8.26. The number of halogens is 1. The molecule has 0 aromatic heterocycles. The summed E-state index contributed by atoms with van der Waals surface area (Å²) < 4.78 is 14.4. The molecule has 1 heteroatoms. The third-order valence-corrected chi connectivity index (χ3v) is 3.39. The summed E-state index contributed by atoms with van der Waals surface area (Å²) in [6, 6.07) is 4.67. The van der Waals surface area contributed by atoms with Crippen LogP contribution in [0.1, 0.15) is 79.0 Å². The summed E-state index contributed by atoms with van der Waals surface area (Å²) >= 11 is 0. The van der Waals surface area contributed by atoms with Crippen molar-refractivity contribution in [2.75, 3.05) is 0 Å². The molecular weight excluding hydrogens is 235 g/mol. The van der Waals surface area contributed by atoms with Crippen molar-refractivity contribution in [3.63, 3.8) is 0 Å². The van der Waals surface area contributed by atoms with Crippen molar-refractivity contribution in [2.45, 2.75) is 78.6 Å². The van der Waals surface area contributed by atoms with Gasteiger partial charge in [0.2, 0.25) is 0 Å². The molecule has 1 rings (SSSR count). The third kappa shape index (κ3) is 3.38. The van der Waals surface area contributed by atoms with Crippen LogP contribution in [0.2, 0.25) is 0 Å². The average molecular weight is 263 g/mol. The number of rotatable bonds is 0. The van der Waals surface area contributed by atoms with Gasteiger partial charge in [0.05, 0.1) is 0 Å². The predicted octanol–water partition coefficient (Wildman–Crippen LogP) is 5.52. The van der Waals surface area contributed by atoms with Crippen LogP contribution in [0.4, 0.5) is 4.39 Å². The van der Waals surface area contributed by atoms with Gasteiger partial charge in [0.15, 0.2) is 0 Å². The summed E-state index contributed by atoms with van der Waals surface area (Å²) in [6.07, 6.45) is 0. The molecule has 19 heavy (non-hydrogen) atoms. The monoisotopic (exact) mass is 263 g/mol. The maximum Gasteiger partial charge on any atom is 0.135 e. The molecule has 0 aliphatic carbocycles. The molecule has 1 aromatic rings. The molecule has 0 aliphatic rings. The van der Waals surface area contributed by atoms with Crippen molar-refractivity contribution < 1.29 is 4.39 Å². The van der Waals surface area contributed by atoms with E-state index in [2.05, 4.69) is 68.4 Å². The minimum absolute atomic E-state index is 0.00713. The van der Waals surface area contributed by atoms with Gasteiger partial charge >= 0.3 is 0 Å². The predicted molar refractivity (Wildman–Crippen MR) is 81.3 cm³/mol. The lowest BCUT2D eigenvalue weighted by molar-refractivity contribution is 0.467. The summed E-state index contributed by atoms with van der Waals surface area (Å²) in [5.74, 6) is -0.203. The van der Waals surface area contributed by atoms with Crippen LogP contribution in [-0.4, -0.2) is 0 Å². The molecule has 107 valence electrons. The molecule has 0 unspecified atom stereocenters. The first kappa shape index (κ1) is 16.2. The molecule has 0 bridgehead atoms. The molecule has 1 aromatic carbocycles. The zero-order valence-electron chi connectivity index (χ0n) is 14.0. The molecular formula is C18H28F. The molecule has 0 saturated heterocycles. The van der Waals surface area contributed by atoms with Gasteiger partial charge in [0.1, 0.15) is 5.82 Å². The first-order valence-electron chi connectivity index (χ1n) is 7.02. The third-order valence-electron chi connectivity index (χ3n) is 3.39. The minimum atomic E-state index is -0.218. The molecule has 0 heterocycles. The van der Waals surface area contributed by atoms with E-state index >= 15 is 0 Å². The van der Waals surface area contributed by atoms with Crippen molar-refractivity contribution in [2.24, 2.45) is 0 Å². The maximum absolute atomic E-state index is 14.4. The average Bonchev–Trinajstić information content (AvgIpc) is 2.11. The van der Waals surface area contributed by atoms with Crippen molar-refractivity contribution in [1.82, 2.24) is 0 Å². The van der Waals surface area contributed by atoms with Crippen molar-refractivity contribution >= 4 is 0 Å². The summed E-state index contributed by atoms with van der Waals surface area (Å²) in [6.45, 7) is 19.2. The number of hydrogen-bond acceptors (Lipinski definition) is 0. The Morgan fingerprint density at radius 3 is 1.47 bits per heavy atom. The lowest BCUT2D eigenvalue weighted by Crippen LogP contribution is -2.29. The van der Waals surface area contributed by atoms with Crippen LogP contribution < -0.4 is 0 Å². The molecule has 0 amide bonds. The van der Waals surface area contributed by atoms with Crippen molar-refractivity contribution in [1.29, 1.82) is 0 Å². The van der Waals surface area contributed by atoms with Crippen LogP contribution in [0.15, 0.2) is 6.07 Å². The Balaban J connectivity index is 3.82. The normalized spacial score (nSPS) is 13.8. The molecule has 0 saturated carbocycles. The van der Waals surface area contributed by atoms with Gasteiger partial charge in [-0.1, -0.05) is 62.3 Å². The summed E-state index contributed by atoms with van der Waals surface area (Å²) in [5.41, 5.74) is 2.85. The second kappa shape index (κ2) is 4.61. The fourth-order valence-electron chi connectivity index (χ4n) is 2.60. The van der Waals surface area contributed by atoms with Gasteiger partial charge in [-0.3, -0.25) is 0 Å². The molecule has 0 nitrogen and oxygen atoms in total. The Morgan fingerprint density at radius 1 is 0.737 bits per heavy atom. The fraction of sp³-hybridized carbons (Fsp3) is 0.667. The van der Waals surface area contributed by atoms with Crippen LogP contribution in [0.25, 0.3) is 0 Å². The van der Waals surface area contributed by atoms with Gasteiger partial charge in [0.25, 0.3) is 0 Å². The highest BCUT2D eigenvalue weighted by Crippen LogP contribution is 2.41. The zero-order chi connectivity index (χ0) is 15.2. The van der Waals surface area contributed by atoms with Gasteiger partial charge in [-0.05, 0) is 39.0 Å². The lowest BCUT2D eigenvalue weighted by atomic mass is 9.68. The summed E-state index contributed by atoms with van der Waals surface area (Å²) in [7, 11) is 0. The fourth-order valence-corrected chi connectivity index (χ4v) is 2.60. The van der Waals surface area contributed by atoms with E-state index in [1.54, 1.807) is 0 Å². The lowest BCUT2D eigenvalue weighted by Gasteiger charge is -2.36. The maximum atomic E-state index is 14.4. The van der Waals surface area contributed by atoms with Crippen molar-refractivity contribution in [3.05, 3.63) is 34.6 Å². The van der Waals surface area contributed by atoms with Gasteiger partial charge in [-0.25, -0.2) is 4.39 Å². The van der Waals surface area contributed by atoms with Crippen LogP contribution in [0.5, 0.6) is 0 Å². The Kier molecular flexibility index (Phi) is 3.93.